The molecule has 66 valence electrons. The molecule has 2 N–H and O–H groups in total. The number of nitrogens with two attached hydrogens (primary N) is 1. The average molecular weight is 194 g/mol. The van der Waals surface area contributed by atoms with Crippen molar-refractivity contribution in [1.82, 2.24) is 9.55 Å². The summed E-state index contributed by atoms with van der Waals surface area (Å²) in [5.41, 5.74) is 7.22. The van der Waals surface area contributed by atoms with E-state index in [2.05, 4.69) is 4.98 Å². The van der Waals surface area contributed by atoms with Gasteiger partial charge in [0.05, 0.1) is 22.7 Å². The SMILES string of the molecule is Nc1c(Cl)cccc1-n1ccnc1. The lowest BCUT2D eigenvalue weighted by molar-refractivity contribution is 1.06. The van der Waals surface area contributed by atoms with Crippen molar-refractivity contribution in [2.75, 3.05) is 5.73 Å². The van der Waals surface area contributed by atoms with Crippen molar-refractivity contribution in [3.63, 3.8) is 0 Å². The van der Waals surface area contributed by atoms with Gasteiger partial charge in [-0.1, -0.05) is 17.7 Å². The lowest BCUT2D eigenvalue weighted by atomic mass is 10.2. The van der Waals surface area contributed by atoms with Gasteiger partial charge in [-0.05, 0) is 12.1 Å². The molecule has 0 saturated carbocycles. The number of nitrogens with zero attached hydrogens (tertiary/aromatic N) is 2. The van der Waals surface area contributed by atoms with E-state index in [0.717, 1.165) is 5.69 Å². The highest BCUT2D eigenvalue weighted by atomic mass is 35.5. The molecule has 2 rings (SSSR count). The zero-order valence-corrected chi connectivity index (χ0v) is 7.57. The number of para-hydroxylation sites is 1. The van der Waals surface area contributed by atoms with Crippen molar-refractivity contribution in [2.45, 2.75) is 0 Å². The summed E-state index contributed by atoms with van der Waals surface area (Å²) in [4.78, 5) is 3.93. The van der Waals surface area contributed by atoms with Crippen LogP contribution < -0.4 is 5.73 Å². The fourth-order valence-corrected chi connectivity index (χ4v) is 1.32. The number of nitrogen functional groups attached to an aromatic ring is 1. The molecule has 3 nitrogen and oxygen atoms in total. The van der Waals surface area contributed by atoms with Gasteiger partial charge in [0.1, 0.15) is 0 Å². The van der Waals surface area contributed by atoms with Crippen molar-refractivity contribution in [3.8, 4) is 5.69 Å². The molecule has 0 aliphatic heterocycles. The number of hydrogen-bond donors (Lipinski definition) is 1. The molecule has 0 unspecified atom stereocenters. The molecular formula is C9H8ClN3. The van der Waals surface area contributed by atoms with E-state index in [1.165, 1.54) is 0 Å². The van der Waals surface area contributed by atoms with Crippen LogP contribution in [0.15, 0.2) is 36.9 Å². The molecular weight excluding hydrogens is 186 g/mol. The third-order valence-electron chi connectivity index (χ3n) is 1.81. The summed E-state index contributed by atoms with van der Waals surface area (Å²) in [5, 5.41) is 0.561. The van der Waals surface area contributed by atoms with Crippen LogP contribution in [0, 0.1) is 0 Å². The van der Waals surface area contributed by atoms with Crippen LogP contribution in [0.25, 0.3) is 5.69 Å². The molecule has 0 radical (unpaired) electrons. The largest absolute Gasteiger partial charge is 0.396 e. The maximum atomic E-state index is 5.87. The van der Waals surface area contributed by atoms with Gasteiger partial charge >= 0.3 is 0 Å². The molecule has 4 heteroatoms. The maximum Gasteiger partial charge on any atom is 0.0992 e. The predicted octanol–water partition coefficient (Wildman–Crippen LogP) is 2.11. The Labute approximate surface area is 80.8 Å². The Kier molecular flexibility index (Phi) is 1.94. The van der Waals surface area contributed by atoms with Gasteiger partial charge in [-0.15, -0.1) is 0 Å². The van der Waals surface area contributed by atoms with Gasteiger partial charge in [-0.3, -0.25) is 0 Å². The first kappa shape index (κ1) is 8.13. The van der Waals surface area contributed by atoms with Crippen molar-refractivity contribution in [3.05, 3.63) is 41.9 Å². The van der Waals surface area contributed by atoms with E-state index in [4.69, 9.17) is 17.3 Å². The second-order valence-corrected chi connectivity index (χ2v) is 3.05. The van der Waals surface area contributed by atoms with E-state index in [9.17, 15) is 0 Å². The molecule has 0 fully saturated rings. The highest BCUT2D eigenvalue weighted by Crippen LogP contribution is 2.24. The molecule has 0 saturated heterocycles. The molecule has 0 aliphatic rings. The number of benzene rings is 1. The van der Waals surface area contributed by atoms with Crippen molar-refractivity contribution < 1.29 is 0 Å². The minimum atomic E-state index is 0.561. The van der Waals surface area contributed by atoms with Gasteiger partial charge < -0.3 is 10.3 Å². The Morgan fingerprint density at radius 2 is 2.23 bits per heavy atom. The molecule has 0 amide bonds. The van der Waals surface area contributed by atoms with Gasteiger partial charge in [0.25, 0.3) is 0 Å². The van der Waals surface area contributed by atoms with Gasteiger partial charge in [-0.2, -0.15) is 0 Å². The Balaban J connectivity index is 2.59. The normalized spacial score (nSPS) is 10.2. The zero-order valence-electron chi connectivity index (χ0n) is 6.81. The number of anilines is 1. The summed E-state index contributed by atoms with van der Waals surface area (Å²) in [7, 11) is 0. The molecule has 0 aliphatic carbocycles. The Hall–Kier alpha value is -1.48. The summed E-state index contributed by atoms with van der Waals surface area (Å²) in [6.45, 7) is 0. The fourth-order valence-electron chi connectivity index (χ4n) is 1.15. The van der Waals surface area contributed by atoms with Crippen LogP contribution >= 0.6 is 11.6 Å². The number of halogens is 1. The van der Waals surface area contributed by atoms with E-state index in [0.29, 0.717) is 10.7 Å². The van der Waals surface area contributed by atoms with Crippen LogP contribution in [0.2, 0.25) is 5.02 Å². The molecule has 2 aromatic rings. The molecule has 0 atom stereocenters. The predicted molar refractivity (Wildman–Crippen MR) is 53.0 cm³/mol. The summed E-state index contributed by atoms with van der Waals surface area (Å²) in [6.07, 6.45) is 5.20. The first-order valence-corrected chi connectivity index (χ1v) is 4.19. The van der Waals surface area contributed by atoms with Crippen LogP contribution in [-0.4, -0.2) is 9.55 Å². The number of imidazole rings is 1. The molecule has 1 heterocycles. The van der Waals surface area contributed by atoms with Gasteiger partial charge in [0.15, 0.2) is 0 Å². The van der Waals surface area contributed by atoms with Gasteiger partial charge in [-0.25, -0.2) is 4.98 Å². The first-order valence-electron chi connectivity index (χ1n) is 3.81. The molecule has 0 spiro atoms. The highest BCUT2D eigenvalue weighted by molar-refractivity contribution is 6.33. The standard InChI is InChI=1S/C9H8ClN3/c10-7-2-1-3-8(9(7)11)13-5-4-12-6-13/h1-6H,11H2. The van der Waals surface area contributed by atoms with Crippen LogP contribution in [0.5, 0.6) is 0 Å². The van der Waals surface area contributed by atoms with Crippen molar-refractivity contribution >= 4 is 17.3 Å². The summed E-state index contributed by atoms with van der Waals surface area (Å²) < 4.78 is 1.82. The van der Waals surface area contributed by atoms with E-state index in [-0.39, 0.29) is 0 Å². The van der Waals surface area contributed by atoms with E-state index >= 15 is 0 Å². The monoisotopic (exact) mass is 193 g/mol. The molecule has 1 aromatic carbocycles. The Bertz CT molecular complexity index is 409. The minimum absolute atomic E-state index is 0.561. The molecule has 13 heavy (non-hydrogen) atoms. The Morgan fingerprint density at radius 1 is 1.38 bits per heavy atom. The van der Waals surface area contributed by atoms with Crippen LogP contribution in [0.3, 0.4) is 0 Å². The average Bonchev–Trinajstić information content (AvgIpc) is 2.62. The highest BCUT2D eigenvalue weighted by Gasteiger charge is 2.03. The minimum Gasteiger partial charge on any atom is -0.396 e. The molecule has 1 aromatic heterocycles. The first-order chi connectivity index (χ1) is 6.29. The third kappa shape index (κ3) is 1.38. The topological polar surface area (TPSA) is 43.8 Å². The quantitative estimate of drug-likeness (QED) is 0.705. The molecule has 0 bridgehead atoms. The lowest BCUT2D eigenvalue weighted by Gasteiger charge is -2.06. The van der Waals surface area contributed by atoms with E-state index in [1.807, 2.05) is 22.9 Å². The summed E-state index contributed by atoms with van der Waals surface area (Å²) in [5.74, 6) is 0. The van der Waals surface area contributed by atoms with Crippen LogP contribution in [-0.2, 0) is 0 Å². The third-order valence-corrected chi connectivity index (χ3v) is 2.14. The number of aromatic nitrogens is 2. The maximum absolute atomic E-state index is 5.87. The summed E-state index contributed by atoms with van der Waals surface area (Å²) >= 11 is 5.87. The number of rotatable bonds is 1. The van der Waals surface area contributed by atoms with Gasteiger partial charge in [0, 0.05) is 12.4 Å². The van der Waals surface area contributed by atoms with Crippen molar-refractivity contribution in [2.24, 2.45) is 0 Å². The second-order valence-electron chi connectivity index (χ2n) is 2.64. The van der Waals surface area contributed by atoms with Crippen molar-refractivity contribution in [1.29, 1.82) is 0 Å². The summed E-state index contributed by atoms with van der Waals surface area (Å²) in [6, 6.07) is 5.51. The fraction of sp³-hybridized carbons (Fsp3) is 0. The van der Waals surface area contributed by atoms with Gasteiger partial charge in [0.2, 0.25) is 0 Å². The Morgan fingerprint density at radius 3 is 2.92 bits per heavy atom. The lowest BCUT2D eigenvalue weighted by Crippen LogP contribution is -1.97. The van der Waals surface area contributed by atoms with E-state index in [1.54, 1.807) is 18.6 Å². The van der Waals surface area contributed by atoms with Crippen LogP contribution in [0.4, 0.5) is 5.69 Å². The number of hydrogen-bond acceptors (Lipinski definition) is 2. The second kappa shape index (κ2) is 3.11. The zero-order chi connectivity index (χ0) is 9.26. The van der Waals surface area contributed by atoms with Crippen LogP contribution in [0.1, 0.15) is 0 Å². The van der Waals surface area contributed by atoms with E-state index < -0.39 is 0 Å². The smallest absolute Gasteiger partial charge is 0.0992 e.